The van der Waals surface area contributed by atoms with E-state index in [1.165, 1.54) is 0 Å². The first-order valence-corrected chi connectivity index (χ1v) is 9.78. The monoisotopic (exact) mass is 417 g/mol. The quantitative estimate of drug-likeness (QED) is 0.456. The van der Waals surface area contributed by atoms with Crippen LogP contribution in [0.25, 0.3) is 5.65 Å². The van der Waals surface area contributed by atoms with E-state index in [9.17, 15) is 4.79 Å². The number of hydrogen-bond acceptors (Lipinski definition) is 6. The lowest BCUT2D eigenvalue weighted by molar-refractivity contribution is 0.100. The maximum Gasteiger partial charge on any atom is 0.248 e. The summed E-state index contributed by atoms with van der Waals surface area (Å²) in [5.41, 5.74) is 9.36. The van der Waals surface area contributed by atoms with Crippen molar-refractivity contribution >= 4 is 23.1 Å². The fraction of sp³-hybridized carbons (Fsp3) is 0.174. The molecule has 2 aromatic carbocycles. The number of amides is 1. The Balaban J connectivity index is 1.57. The molecule has 31 heavy (non-hydrogen) atoms. The third-order valence-corrected chi connectivity index (χ3v) is 4.98. The van der Waals surface area contributed by atoms with Crippen LogP contribution in [-0.2, 0) is 12.8 Å². The third-order valence-electron chi connectivity index (χ3n) is 4.98. The Morgan fingerprint density at radius 2 is 1.84 bits per heavy atom. The molecule has 0 saturated carbocycles. The van der Waals surface area contributed by atoms with Crippen LogP contribution in [0.4, 0.5) is 11.5 Å². The van der Waals surface area contributed by atoms with Crippen LogP contribution in [-0.4, -0.2) is 34.5 Å². The van der Waals surface area contributed by atoms with Gasteiger partial charge in [0, 0.05) is 35.9 Å². The zero-order valence-electron chi connectivity index (χ0n) is 17.3. The number of nitrogens with two attached hydrogens (primary N) is 1. The molecule has 4 rings (SSSR count). The number of imidazole rings is 1. The SMILES string of the molecule is COc1ccc(Nc2nc(CCc3ccc(C(N)=O)cc3)cn3ccnc23)cc1OC. The largest absolute Gasteiger partial charge is 0.493 e. The number of nitrogens with one attached hydrogen (secondary N) is 1. The molecule has 2 aromatic heterocycles. The zero-order chi connectivity index (χ0) is 21.8. The van der Waals surface area contributed by atoms with Gasteiger partial charge in [-0.05, 0) is 42.7 Å². The summed E-state index contributed by atoms with van der Waals surface area (Å²) in [5.74, 6) is 1.51. The van der Waals surface area contributed by atoms with E-state index in [2.05, 4.69) is 10.3 Å². The summed E-state index contributed by atoms with van der Waals surface area (Å²) in [6.45, 7) is 0. The molecule has 0 aliphatic rings. The van der Waals surface area contributed by atoms with E-state index in [1.807, 2.05) is 47.1 Å². The molecule has 0 aliphatic heterocycles. The van der Waals surface area contributed by atoms with Gasteiger partial charge in [0.2, 0.25) is 5.91 Å². The summed E-state index contributed by atoms with van der Waals surface area (Å²) in [6.07, 6.45) is 7.11. The number of aromatic nitrogens is 3. The first-order chi connectivity index (χ1) is 15.1. The van der Waals surface area contributed by atoms with E-state index in [1.54, 1.807) is 32.5 Å². The Bertz CT molecular complexity index is 1220. The Labute approximate surface area is 179 Å². The smallest absolute Gasteiger partial charge is 0.248 e. The molecule has 0 aliphatic carbocycles. The van der Waals surface area contributed by atoms with Gasteiger partial charge in [0.1, 0.15) is 0 Å². The predicted octanol–water partition coefficient (Wildman–Crippen LogP) is 3.37. The highest BCUT2D eigenvalue weighted by molar-refractivity contribution is 5.92. The standard InChI is InChI=1S/C23H23N5O3/c1-30-19-10-9-17(13-20(19)31-2)26-22-23-25-11-12-28(23)14-18(27-22)8-5-15-3-6-16(7-4-15)21(24)29/h3-4,6-7,9-14H,5,8H2,1-2H3,(H2,24,29)(H,26,27). The number of primary amides is 1. The normalized spacial score (nSPS) is 10.8. The molecule has 0 atom stereocenters. The van der Waals surface area contributed by atoms with Crippen molar-refractivity contribution < 1.29 is 14.3 Å². The molecule has 0 radical (unpaired) electrons. The minimum atomic E-state index is -0.426. The number of methoxy groups -OCH3 is 2. The molecule has 2 heterocycles. The summed E-state index contributed by atoms with van der Waals surface area (Å²) in [5, 5.41) is 3.34. The van der Waals surface area contributed by atoms with E-state index >= 15 is 0 Å². The zero-order valence-corrected chi connectivity index (χ0v) is 17.3. The Hall–Kier alpha value is -4.07. The van der Waals surface area contributed by atoms with Crippen molar-refractivity contribution in [3.05, 3.63) is 77.9 Å². The highest BCUT2D eigenvalue weighted by Gasteiger charge is 2.11. The number of aryl methyl sites for hydroxylation is 2. The second-order valence-electron chi connectivity index (χ2n) is 6.99. The number of carbonyl (C=O) groups excluding carboxylic acids is 1. The van der Waals surface area contributed by atoms with Crippen molar-refractivity contribution in [1.82, 2.24) is 14.4 Å². The average Bonchev–Trinajstić information content (AvgIpc) is 3.27. The molecule has 8 heteroatoms. The van der Waals surface area contributed by atoms with E-state index in [0.29, 0.717) is 22.9 Å². The summed E-state index contributed by atoms with van der Waals surface area (Å²) in [6, 6.07) is 12.9. The van der Waals surface area contributed by atoms with Crippen LogP contribution < -0.4 is 20.5 Å². The van der Waals surface area contributed by atoms with Gasteiger partial charge in [0.15, 0.2) is 23.0 Å². The number of anilines is 2. The Morgan fingerprint density at radius 1 is 1.06 bits per heavy atom. The van der Waals surface area contributed by atoms with E-state index in [-0.39, 0.29) is 0 Å². The van der Waals surface area contributed by atoms with Crippen molar-refractivity contribution in [3.63, 3.8) is 0 Å². The summed E-state index contributed by atoms with van der Waals surface area (Å²) in [4.78, 5) is 20.4. The van der Waals surface area contributed by atoms with E-state index in [4.69, 9.17) is 20.2 Å². The lowest BCUT2D eigenvalue weighted by Crippen LogP contribution is -2.10. The van der Waals surface area contributed by atoms with Gasteiger partial charge >= 0.3 is 0 Å². The molecule has 8 nitrogen and oxygen atoms in total. The minimum Gasteiger partial charge on any atom is -0.493 e. The van der Waals surface area contributed by atoms with Crippen LogP contribution in [0.2, 0.25) is 0 Å². The number of fused-ring (bicyclic) bond motifs is 1. The fourth-order valence-electron chi connectivity index (χ4n) is 3.35. The van der Waals surface area contributed by atoms with Gasteiger partial charge in [0.05, 0.1) is 19.9 Å². The topological polar surface area (TPSA) is 104 Å². The van der Waals surface area contributed by atoms with E-state index in [0.717, 1.165) is 35.4 Å². The molecule has 0 unspecified atom stereocenters. The molecule has 3 N–H and O–H groups in total. The number of benzene rings is 2. The minimum absolute atomic E-state index is 0.426. The molecule has 0 spiro atoms. The van der Waals surface area contributed by atoms with Gasteiger partial charge in [-0.15, -0.1) is 0 Å². The van der Waals surface area contributed by atoms with Crippen LogP contribution in [0.15, 0.2) is 61.1 Å². The van der Waals surface area contributed by atoms with E-state index < -0.39 is 5.91 Å². The summed E-state index contributed by atoms with van der Waals surface area (Å²) < 4.78 is 12.6. The lowest BCUT2D eigenvalue weighted by atomic mass is 10.1. The van der Waals surface area contributed by atoms with Crippen LogP contribution in [0.3, 0.4) is 0 Å². The second kappa shape index (κ2) is 8.74. The van der Waals surface area contributed by atoms with Gasteiger partial charge in [-0.2, -0.15) is 0 Å². The highest BCUT2D eigenvalue weighted by atomic mass is 16.5. The molecule has 0 fully saturated rings. The van der Waals surface area contributed by atoms with Crippen LogP contribution in [0, 0.1) is 0 Å². The first kappa shape index (κ1) is 20.2. The van der Waals surface area contributed by atoms with Crippen molar-refractivity contribution in [3.8, 4) is 11.5 Å². The molecule has 1 amide bonds. The number of hydrogen-bond donors (Lipinski definition) is 2. The van der Waals surface area contributed by atoms with Crippen LogP contribution >= 0.6 is 0 Å². The van der Waals surface area contributed by atoms with Crippen molar-refractivity contribution in [2.75, 3.05) is 19.5 Å². The Morgan fingerprint density at radius 3 is 2.55 bits per heavy atom. The van der Waals surface area contributed by atoms with Gasteiger partial charge in [-0.25, -0.2) is 9.97 Å². The van der Waals surface area contributed by atoms with Gasteiger partial charge in [0.25, 0.3) is 0 Å². The number of nitrogens with zero attached hydrogens (tertiary/aromatic N) is 3. The summed E-state index contributed by atoms with van der Waals surface area (Å²) >= 11 is 0. The van der Waals surface area contributed by atoms with Crippen molar-refractivity contribution in [2.45, 2.75) is 12.8 Å². The molecular formula is C23H23N5O3. The van der Waals surface area contributed by atoms with Crippen LogP contribution in [0.5, 0.6) is 11.5 Å². The molecule has 0 bridgehead atoms. The maximum absolute atomic E-state index is 11.2. The lowest BCUT2D eigenvalue weighted by Gasteiger charge is -2.12. The highest BCUT2D eigenvalue weighted by Crippen LogP contribution is 2.31. The van der Waals surface area contributed by atoms with Crippen molar-refractivity contribution in [1.29, 1.82) is 0 Å². The van der Waals surface area contributed by atoms with Gasteiger partial charge in [-0.1, -0.05) is 12.1 Å². The number of rotatable bonds is 8. The maximum atomic E-state index is 11.2. The molecule has 0 saturated heterocycles. The molecular weight excluding hydrogens is 394 g/mol. The average molecular weight is 417 g/mol. The first-order valence-electron chi connectivity index (χ1n) is 9.78. The summed E-state index contributed by atoms with van der Waals surface area (Å²) in [7, 11) is 3.20. The number of ether oxygens (including phenoxy) is 2. The molecule has 4 aromatic rings. The number of carbonyl (C=O) groups is 1. The fourth-order valence-corrected chi connectivity index (χ4v) is 3.35. The third kappa shape index (κ3) is 4.42. The predicted molar refractivity (Wildman–Crippen MR) is 118 cm³/mol. The second-order valence-corrected chi connectivity index (χ2v) is 6.99. The van der Waals surface area contributed by atoms with Gasteiger partial charge in [-0.3, -0.25) is 4.79 Å². The van der Waals surface area contributed by atoms with Gasteiger partial charge < -0.3 is 24.9 Å². The molecule has 158 valence electrons. The van der Waals surface area contributed by atoms with Crippen LogP contribution in [0.1, 0.15) is 21.6 Å². The van der Waals surface area contributed by atoms with Crippen molar-refractivity contribution in [2.24, 2.45) is 5.73 Å². The Kier molecular flexibility index (Phi) is 5.70.